The molecular weight excluding hydrogens is 591 g/mol. The monoisotopic (exact) mass is 646 g/mol. The van der Waals surface area contributed by atoms with Gasteiger partial charge in [-0.2, -0.15) is 0 Å². The van der Waals surface area contributed by atoms with E-state index in [2.05, 4.69) is 46.1 Å². The van der Waals surface area contributed by atoms with Gasteiger partial charge in [-0.15, -0.1) is 0 Å². The van der Waals surface area contributed by atoms with Crippen molar-refractivity contribution in [2.24, 2.45) is 17.3 Å². The van der Waals surface area contributed by atoms with Crippen LogP contribution in [0.1, 0.15) is 72.1 Å². The van der Waals surface area contributed by atoms with Gasteiger partial charge in [0.15, 0.2) is 0 Å². The summed E-state index contributed by atoms with van der Waals surface area (Å²) >= 11 is -2.77. The first-order chi connectivity index (χ1) is 17.4. The summed E-state index contributed by atoms with van der Waals surface area (Å²) in [7, 11) is 2.39. The molecule has 0 aliphatic heterocycles. The number of carbonyl (C=O) groups is 3. The quantitative estimate of drug-likeness (QED) is 0.0767. The van der Waals surface area contributed by atoms with Gasteiger partial charge in [0.2, 0.25) is 0 Å². The first-order valence-corrected chi connectivity index (χ1v) is 26.0. The fourth-order valence-corrected chi connectivity index (χ4v) is 25.0. The van der Waals surface area contributed by atoms with Crippen LogP contribution in [0.5, 0.6) is 0 Å². The van der Waals surface area contributed by atoms with Gasteiger partial charge in [0.25, 0.3) is 0 Å². The van der Waals surface area contributed by atoms with E-state index in [1.54, 1.807) is 0 Å². The molecule has 0 bridgehead atoms. The molecule has 2 atom stereocenters. The van der Waals surface area contributed by atoms with E-state index in [4.69, 9.17) is 14.2 Å². The Labute approximate surface area is 231 Å². The van der Waals surface area contributed by atoms with Gasteiger partial charge >= 0.3 is 232 Å². The molecule has 6 nitrogen and oxygen atoms in total. The van der Waals surface area contributed by atoms with Gasteiger partial charge in [-0.1, -0.05) is 0 Å². The second-order valence-electron chi connectivity index (χ2n) is 12.3. The number of allylic oxidation sites excluding steroid dienone is 1. The van der Waals surface area contributed by atoms with E-state index in [-0.39, 0.29) is 30.6 Å². The van der Waals surface area contributed by atoms with Gasteiger partial charge in [0, 0.05) is 0 Å². The zero-order valence-electron chi connectivity index (χ0n) is 25.2. The SMILES string of the molecule is CCC[CH2][Sn]([CH2]CCC)([CH2]CCC)[CH2]C(C(=O)OC)C1CC(C(=O)OC)(C(=O)OC)C/C1=C\[Si](C)(C)C. The van der Waals surface area contributed by atoms with Crippen LogP contribution >= 0.6 is 0 Å². The summed E-state index contributed by atoms with van der Waals surface area (Å²) in [6, 6.07) is 0. The maximum atomic E-state index is 13.6. The Bertz CT molecular complexity index is 750. The summed E-state index contributed by atoms with van der Waals surface area (Å²) in [6.07, 6.45) is 7.65. The van der Waals surface area contributed by atoms with Crippen LogP contribution in [0, 0.1) is 17.3 Å². The first-order valence-electron chi connectivity index (χ1n) is 14.4. The number of ether oxygens (including phenoxy) is 3. The molecule has 0 heterocycles. The predicted octanol–water partition coefficient (Wildman–Crippen LogP) is 7.17. The molecule has 1 fully saturated rings. The Hall–Kier alpha value is -0.834. The van der Waals surface area contributed by atoms with Gasteiger partial charge < -0.3 is 0 Å². The number of rotatable bonds is 16. The second kappa shape index (κ2) is 15.7. The minimum absolute atomic E-state index is 0.192. The van der Waals surface area contributed by atoms with Crippen molar-refractivity contribution < 1.29 is 28.6 Å². The molecule has 2 unspecified atom stereocenters. The molecule has 0 aromatic heterocycles. The molecule has 1 saturated carbocycles. The average Bonchev–Trinajstić information content (AvgIpc) is 3.24. The normalized spacial score (nSPS) is 19.5. The van der Waals surface area contributed by atoms with Crippen LogP contribution in [-0.4, -0.2) is 65.7 Å². The van der Waals surface area contributed by atoms with Crippen molar-refractivity contribution in [3.05, 3.63) is 11.3 Å². The van der Waals surface area contributed by atoms with E-state index in [0.717, 1.165) is 29.3 Å². The van der Waals surface area contributed by atoms with Crippen LogP contribution in [0.3, 0.4) is 0 Å². The number of hydrogen-bond acceptors (Lipinski definition) is 6. The summed E-state index contributed by atoms with van der Waals surface area (Å²) < 4.78 is 20.6. The summed E-state index contributed by atoms with van der Waals surface area (Å²) in [6.45, 7) is 13.5. The molecule has 0 aromatic carbocycles. The third kappa shape index (κ3) is 9.39. The number of unbranched alkanes of at least 4 members (excludes halogenated alkanes) is 3. The average molecular weight is 646 g/mol. The Balaban J connectivity index is 3.71. The van der Waals surface area contributed by atoms with Crippen molar-refractivity contribution >= 4 is 44.4 Å². The van der Waals surface area contributed by atoms with Crippen molar-refractivity contribution in [2.45, 2.75) is 110 Å². The third-order valence-corrected chi connectivity index (χ3v) is 25.2. The van der Waals surface area contributed by atoms with Crippen molar-refractivity contribution in [3.8, 4) is 0 Å². The van der Waals surface area contributed by atoms with E-state index in [9.17, 15) is 14.4 Å². The van der Waals surface area contributed by atoms with Crippen molar-refractivity contribution in [2.75, 3.05) is 21.3 Å². The molecule has 1 rings (SSSR count). The van der Waals surface area contributed by atoms with E-state index < -0.39 is 43.8 Å². The summed E-state index contributed by atoms with van der Waals surface area (Å²) in [5, 5.41) is 0. The molecule has 214 valence electrons. The predicted molar refractivity (Wildman–Crippen MR) is 156 cm³/mol. The van der Waals surface area contributed by atoms with Crippen molar-refractivity contribution in [3.63, 3.8) is 0 Å². The van der Waals surface area contributed by atoms with Crippen molar-refractivity contribution in [1.29, 1.82) is 0 Å². The van der Waals surface area contributed by atoms with E-state index in [1.165, 1.54) is 53.9 Å². The van der Waals surface area contributed by atoms with E-state index in [1.807, 2.05) is 0 Å². The van der Waals surface area contributed by atoms with Gasteiger partial charge in [-0.3, -0.25) is 0 Å². The fraction of sp³-hybridized carbons (Fsp3) is 0.828. The molecule has 0 spiro atoms. The van der Waals surface area contributed by atoms with Crippen LogP contribution in [0.15, 0.2) is 11.3 Å². The molecule has 1 aliphatic rings. The standard InChI is InChI=1S/C17H27O6Si.3C4H9.Sn/c1-11(14(18)21-2)13-9-17(15(19)22-3,16(20)23-4)8-12(13)10-24(5,6)7;3*1-3-4-2;/h10-11,13H,1,8-9H2,2-7H3;3*1,3-4H2,2H3;/b12-10+;;;;. The van der Waals surface area contributed by atoms with Crippen molar-refractivity contribution in [1.82, 2.24) is 0 Å². The molecule has 8 heteroatoms. The zero-order valence-corrected chi connectivity index (χ0v) is 29.0. The molecule has 1 aliphatic carbocycles. The van der Waals surface area contributed by atoms with Gasteiger partial charge in [-0.05, 0) is 0 Å². The van der Waals surface area contributed by atoms with Crippen LogP contribution in [0.4, 0.5) is 0 Å². The van der Waals surface area contributed by atoms with Crippen LogP contribution in [-0.2, 0) is 28.6 Å². The Kier molecular flexibility index (Phi) is 14.5. The number of hydrogen-bond donors (Lipinski definition) is 0. The number of methoxy groups -OCH3 is 3. The Morgan fingerprint density at radius 2 is 1.35 bits per heavy atom. The summed E-state index contributed by atoms with van der Waals surface area (Å²) in [5.74, 6) is -1.86. The van der Waals surface area contributed by atoms with E-state index >= 15 is 0 Å². The number of esters is 3. The van der Waals surface area contributed by atoms with Crippen LogP contribution < -0.4 is 0 Å². The summed E-state index contributed by atoms with van der Waals surface area (Å²) in [4.78, 5) is 39.8. The molecule has 37 heavy (non-hydrogen) atoms. The molecular formula is C29H54O6SiSn. The molecule has 0 saturated heterocycles. The van der Waals surface area contributed by atoms with E-state index in [0.29, 0.717) is 0 Å². The van der Waals surface area contributed by atoms with Crippen LogP contribution in [0.25, 0.3) is 0 Å². The minimum atomic E-state index is -2.77. The van der Waals surface area contributed by atoms with Gasteiger partial charge in [0.1, 0.15) is 0 Å². The topological polar surface area (TPSA) is 78.9 Å². The molecule has 0 amide bonds. The fourth-order valence-electron chi connectivity index (χ4n) is 6.30. The Morgan fingerprint density at radius 3 is 1.70 bits per heavy atom. The molecule has 0 radical (unpaired) electrons. The first kappa shape index (κ1) is 34.2. The van der Waals surface area contributed by atoms with Gasteiger partial charge in [-0.25, -0.2) is 0 Å². The number of carbonyl (C=O) groups excluding carboxylic acids is 3. The Morgan fingerprint density at radius 1 is 0.892 bits per heavy atom. The van der Waals surface area contributed by atoms with Crippen LogP contribution in [0.2, 0.25) is 37.4 Å². The molecule has 0 aromatic rings. The third-order valence-electron chi connectivity index (χ3n) is 8.15. The summed E-state index contributed by atoms with van der Waals surface area (Å²) in [5.41, 5.74) is 1.94. The maximum absolute atomic E-state index is 13.6. The molecule has 0 N–H and O–H groups in total. The second-order valence-corrected chi connectivity index (χ2v) is 31.3. The zero-order chi connectivity index (χ0) is 28.3. The van der Waals surface area contributed by atoms with Gasteiger partial charge in [0.05, 0.1) is 0 Å².